The molecule has 0 radical (unpaired) electrons. The summed E-state index contributed by atoms with van der Waals surface area (Å²) >= 11 is 24.9. The highest BCUT2D eigenvalue weighted by molar-refractivity contribution is 6.38. The summed E-state index contributed by atoms with van der Waals surface area (Å²) in [6, 6.07) is 7.30. The maximum atomic E-state index is 13.9. The molecule has 7 nitrogen and oxygen atoms in total. The van der Waals surface area contributed by atoms with Gasteiger partial charge in [0.1, 0.15) is 11.5 Å². The second kappa shape index (κ2) is 8.28. The maximum Gasteiger partial charge on any atom is 0.310 e. The van der Waals surface area contributed by atoms with Crippen molar-refractivity contribution in [3.63, 3.8) is 0 Å². The molecule has 34 heavy (non-hydrogen) atoms. The number of fused-ring (bicyclic) bond motifs is 4. The van der Waals surface area contributed by atoms with Crippen LogP contribution < -0.4 is 10.2 Å². The van der Waals surface area contributed by atoms with Crippen LogP contribution in [0.5, 0.6) is 0 Å². The zero-order valence-corrected chi connectivity index (χ0v) is 20.8. The first kappa shape index (κ1) is 23.7. The molecule has 2 saturated heterocycles. The van der Waals surface area contributed by atoms with Gasteiger partial charge >= 0.3 is 5.97 Å². The third-order valence-electron chi connectivity index (χ3n) is 7.14. The van der Waals surface area contributed by atoms with Gasteiger partial charge in [-0.25, -0.2) is 0 Å². The van der Waals surface area contributed by atoms with E-state index >= 15 is 0 Å². The molecule has 2 aromatic rings. The molecule has 11 heteroatoms. The molecular weight excluding hydrogens is 524 g/mol. The highest BCUT2D eigenvalue weighted by Gasteiger charge is 2.71. The van der Waals surface area contributed by atoms with Gasteiger partial charge in [0.25, 0.3) is 5.91 Å². The van der Waals surface area contributed by atoms with Crippen molar-refractivity contribution in [3.05, 3.63) is 56.0 Å². The summed E-state index contributed by atoms with van der Waals surface area (Å²) < 4.78 is 0. The Balaban J connectivity index is 1.67. The smallest absolute Gasteiger partial charge is 0.310 e. The van der Waals surface area contributed by atoms with Gasteiger partial charge in [-0.1, -0.05) is 46.4 Å². The minimum atomic E-state index is -1.61. The van der Waals surface area contributed by atoms with E-state index in [4.69, 9.17) is 46.4 Å². The first-order valence-electron chi connectivity index (χ1n) is 10.6. The van der Waals surface area contributed by atoms with Crippen LogP contribution >= 0.6 is 46.4 Å². The van der Waals surface area contributed by atoms with Gasteiger partial charge in [0.15, 0.2) is 0 Å². The average molecular weight is 543 g/mol. The Morgan fingerprint density at radius 2 is 1.74 bits per heavy atom. The minimum Gasteiger partial charge on any atom is -0.481 e. The van der Waals surface area contributed by atoms with Crippen molar-refractivity contribution in [1.29, 1.82) is 0 Å². The van der Waals surface area contributed by atoms with E-state index in [9.17, 15) is 19.5 Å². The van der Waals surface area contributed by atoms with Crippen LogP contribution in [0.1, 0.15) is 18.4 Å². The molecule has 4 atom stereocenters. The summed E-state index contributed by atoms with van der Waals surface area (Å²) in [5.41, 5.74) is -0.460. The number of amides is 2. The molecule has 2 N–H and O–H groups in total. The molecule has 3 aliphatic rings. The van der Waals surface area contributed by atoms with Crippen LogP contribution in [0.2, 0.25) is 20.1 Å². The lowest BCUT2D eigenvalue weighted by Crippen LogP contribution is -2.53. The largest absolute Gasteiger partial charge is 0.481 e. The molecule has 5 rings (SSSR count). The van der Waals surface area contributed by atoms with Crippen molar-refractivity contribution in [2.24, 2.45) is 11.8 Å². The molecule has 2 amide bonds. The number of hydrogen-bond acceptors (Lipinski definition) is 4. The minimum absolute atomic E-state index is 0.216. The lowest BCUT2D eigenvalue weighted by atomic mass is 9.73. The van der Waals surface area contributed by atoms with Crippen molar-refractivity contribution < 1.29 is 19.5 Å². The van der Waals surface area contributed by atoms with Gasteiger partial charge < -0.3 is 15.3 Å². The standard InChI is InChI=1S/C23H19Cl4N3O4/c1-29(13-6-10(24)5-11(25)7-13)20(31)17-16-3-2-4-30(16)23(18(17)21(32)33)14-8-12(26)9-15(27)19(14)28-22(23)34/h5-9,16-18H,2-4H2,1H3,(H,28,34)(H,32,33)/t16-,17+,18-,23?/m1/s1. The van der Waals surface area contributed by atoms with E-state index in [0.717, 1.165) is 0 Å². The number of carbonyl (C=O) groups is 3. The van der Waals surface area contributed by atoms with Gasteiger partial charge in [-0.2, -0.15) is 0 Å². The van der Waals surface area contributed by atoms with Crippen molar-refractivity contribution >= 4 is 75.6 Å². The van der Waals surface area contributed by atoms with Gasteiger partial charge in [0.2, 0.25) is 5.91 Å². The van der Waals surface area contributed by atoms with Crippen LogP contribution in [0.3, 0.4) is 0 Å². The Bertz CT molecular complexity index is 1230. The first-order valence-corrected chi connectivity index (χ1v) is 12.1. The Morgan fingerprint density at radius 1 is 1.09 bits per heavy atom. The number of halogens is 4. The van der Waals surface area contributed by atoms with Crippen molar-refractivity contribution in [2.75, 3.05) is 23.8 Å². The zero-order valence-electron chi connectivity index (χ0n) is 17.8. The van der Waals surface area contributed by atoms with Gasteiger partial charge in [-0.3, -0.25) is 19.3 Å². The summed E-state index contributed by atoms with van der Waals surface area (Å²) in [5.74, 6) is -4.57. The molecule has 0 aromatic heterocycles. The summed E-state index contributed by atoms with van der Waals surface area (Å²) in [5, 5.41) is 14.4. The predicted octanol–water partition coefficient (Wildman–Crippen LogP) is 4.91. The van der Waals surface area contributed by atoms with Crippen LogP contribution in [-0.4, -0.2) is 47.4 Å². The van der Waals surface area contributed by atoms with E-state index in [0.29, 0.717) is 46.4 Å². The number of hydrogen-bond donors (Lipinski definition) is 2. The normalized spacial score (nSPS) is 27.6. The number of anilines is 2. The summed E-state index contributed by atoms with van der Waals surface area (Å²) in [6.45, 7) is 0.460. The van der Waals surface area contributed by atoms with E-state index in [1.54, 1.807) is 31.3 Å². The molecule has 0 bridgehead atoms. The van der Waals surface area contributed by atoms with E-state index in [1.165, 1.54) is 11.0 Å². The average Bonchev–Trinajstić information content (AvgIpc) is 3.40. The fourth-order valence-electron chi connectivity index (χ4n) is 5.91. The topological polar surface area (TPSA) is 90.0 Å². The SMILES string of the molecule is CN(C(=O)[C@H]1[C@H]2CCCN2C2(C(=O)Nc3c(Cl)cc(Cl)cc32)[C@H]1C(=O)O)c1cc(Cl)cc(Cl)c1. The van der Waals surface area contributed by atoms with Gasteiger partial charge in [-0.05, 0) is 49.7 Å². The van der Waals surface area contributed by atoms with Crippen molar-refractivity contribution in [3.8, 4) is 0 Å². The van der Waals surface area contributed by atoms with Gasteiger partial charge in [0, 0.05) is 39.4 Å². The number of carbonyl (C=O) groups excluding carboxylic acids is 2. The highest BCUT2D eigenvalue weighted by Crippen LogP contribution is 2.59. The highest BCUT2D eigenvalue weighted by atomic mass is 35.5. The Hall–Kier alpha value is -2.03. The predicted molar refractivity (Wildman–Crippen MR) is 131 cm³/mol. The van der Waals surface area contributed by atoms with Crippen LogP contribution in [0, 0.1) is 11.8 Å². The number of benzene rings is 2. The lowest BCUT2D eigenvalue weighted by molar-refractivity contribution is -0.152. The number of carboxylic acid groups (broad SMARTS) is 1. The van der Waals surface area contributed by atoms with Gasteiger partial charge in [0.05, 0.1) is 16.6 Å². The maximum absolute atomic E-state index is 13.9. The van der Waals surface area contributed by atoms with E-state index in [-0.39, 0.29) is 10.0 Å². The van der Waals surface area contributed by atoms with Crippen molar-refractivity contribution in [2.45, 2.75) is 24.4 Å². The molecular formula is C23H19Cl4N3O4. The van der Waals surface area contributed by atoms with Crippen molar-refractivity contribution in [1.82, 2.24) is 4.90 Å². The second-order valence-corrected chi connectivity index (χ2v) is 10.5. The van der Waals surface area contributed by atoms with Crippen LogP contribution in [0.25, 0.3) is 0 Å². The Morgan fingerprint density at radius 3 is 2.38 bits per heavy atom. The number of aliphatic carboxylic acids is 1. The fourth-order valence-corrected chi connectivity index (χ4v) is 6.97. The summed E-state index contributed by atoms with van der Waals surface area (Å²) in [4.78, 5) is 43.5. The molecule has 1 spiro atoms. The zero-order chi connectivity index (χ0) is 24.5. The number of rotatable bonds is 3. The molecule has 0 aliphatic carbocycles. The molecule has 0 saturated carbocycles. The van der Waals surface area contributed by atoms with Crippen LogP contribution in [-0.2, 0) is 19.9 Å². The third kappa shape index (κ3) is 3.25. The van der Waals surface area contributed by atoms with Gasteiger partial charge in [-0.15, -0.1) is 0 Å². The lowest BCUT2D eigenvalue weighted by Gasteiger charge is -2.35. The molecule has 178 valence electrons. The molecule has 3 heterocycles. The number of carboxylic acids is 1. The molecule has 2 aromatic carbocycles. The number of nitrogens with one attached hydrogen (secondary N) is 1. The molecule has 2 fully saturated rings. The van der Waals surface area contributed by atoms with E-state index in [1.807, 2.05) is 4.90 Å². The fraction of sp³-hybridized carbons (Fsp3) is 0.348. The van der Waals surface area contributed by atoms with E-state index < -0.39 is 41.2 Å². The Kier molecular flexibility index (Phi) is 5.77. The van der Waals surface area contributed by atoms with Crippen LogP contribution in [0.4, 0.5) is 11.4 Å². The monoisotopic (exact) mass is 541 g/mol. The molecule has 3 aliphatic heterocycles. The summed E-state index contributed by atoms with van der Waals surface area (Å²) in [7, 11) is 1.55. The molecule has 1 unspecified atom stereocenters. The first-order chi connectivity index (χ1) is 16.1. The van der Waals surface area contributed by atoms with Crippen LogP contribution in [0.15, 0.2) is 30.3 Å². The quantitative estimate of drug-likeness (QED) is 0.575. The Labute approximate surface area is 215 Å². The number of nitrogens with zero attached hydrogens (tertiary/aromatic N) is 2. The van der Waals surface area contributed by atoms with E-state index in [2.05, 4.69) is 5.32 Å². The second-order valence-electron chi connectivity index (χ2n) is 8.80. The third-order valence-corrected chi connectivity index (χ3v) is 8.10. The summed E-state index contributed by atoms with van der Waals surface area (Å²) in [6.07, 6.45) is 1.29.